The van der Waals surface area contributed by atoms with E-state index in [1.165, 1.54) is 18.4 Å². The van der Waals surface area contributed by atoms with Crippen LogP contribution in [0, 0.1) is 12.7 Å². The average molecular weight is 250 g/mol. The minimum Gasteiger partial charge on any atom is -0.313 e. The highest BCUT2D eigenvalue weighted by Gasteiger charge is 2.19. The van der Waals surface area contributed by atoms with Crippen LogP contribution in [0.5, 0.6) is 0 Å². The average Bonchev–Trinajstić information content (AvgIpc) is 2.34. The van der Waals surface area contributed by atoms with Gasteiger partial charge in [0.25, 0.3) is 0 Å². The quantitative estimate of drug-likeness (QED) is 0.884. The maximum atomic E-state index is 13.1. The largest absolute Gasteiger partial charge is 0.313 e. The number of benzene rings is 1. The van der Waals surface area contributed by atoms with Gasteiger partial charge in [0.05, 0.1) is 0 Å². The van der Waals surface area contributed by atoms with Crippen LogP contribution in [0.15, 0.2) is 18.2 Å². The van der Waals surface area contributed by atoms with Gasteiger partial charge in [0, 0.05) is 19.1 Å². The molecule has 1 aliphatic rings. The normalized spacial score (nSPS) is 21.2. The van der Waals surface area contributed by atoms with Crippen molar-refractivity contribution in [3.8, 4) is 0 Å². The van der Waals surface area contributed by atoms with Crippen molar-refractivity contribution in [3.63, 3.8) is 0 Å². The lowest BCUT2D eigenvalue weighted by Crippen LogP contribution is -2.45. The Kier molecular flexibility index (Phi) is 4.72. The number of piperidine rings is 1. The summed E-state index contributed by atoms with van der Waals surface area (Å²) in [4.78, 5) is 2.47. The molecule has 0 saturated carbocycles. The summed E-state index contributed by atoms with van der Waals surface area (Å²) in [5.41, 5.74) is 2.30. The molecule has 1 aliphatic heterocycles. The van der Waals surface area contributed by atoms with E-state index in [4.69, 9.17) is 0 Å². The molecule has 1 fully saturated rings. The van der Waals surface area contributed by atoms with Crippen LogP contribution in [0.2, 0.25) is 0 Å². The highest BCUT2D eigenvalue weighted by atomic mass is 19.1. The molecule has 18 heavy (non-hydrogen) atoms. The molecular formula is C15H23FN2. The maximum absolute atomic E-state index is 13.1. The Balaban J connectivity index is 1.96. The van der Waals surface area contributed by atoms with E-state index >= 15 is 0 Å². The molecule has 100 valence electrons. The molecule has 0 aromatic heterocycles. The van der Waals surface area contributed by atoms with Crippen LogP contribution in [0.3, 0.4) is 0 Å². The predicted molar refractivity (Wildman–Crippen MR) is 73.1 cm³/mol. The zero-order valence-corrected chi connectivity index (χ0v) is 11.4. The van der Waals surface area contributed by atoms with Crippen LogP contribution in [-0.2, 0) is 6.54 Å². The first kappa shape index (κ1) is 13.5. The van der Waals surface area contributed by atoms with Gasteiger partial charge in [0.1, 0.15) is 5.82 Å². The second-order valence-electron chi connectivity index (χ2n) is 5.20. The lowest BCUT2D eigenvalue weighted by atomic mass is 10.0. The molecule has 0 radical (unpaired) electrons. The van der Waals surface area contributed by atoms with Gasteiger partial charge in [-0.05, 0) is 56.1 Å². The summed E-state index contributed by atoms with van der Waals surface area (Å²) in [7, 11) is 0. The molecule has 1 saturated heterocycles. The summed E-state index contributed by atoms with van der Waals surface area (Å²) in [6.45, 7) is 8.37. The molecule has 2 nitrogen and oxygen atoms in total. The van der Waals surface area contributed by atoms with Crippen LogP contribution < -0.4 is 5.32 Å². The first-order valence-electron chi connectivity index (χ1n) is 6.90. The van der Waals surface area contributed by atoms with Crippen LogP contribution in [0.25, 0.3) is 0 Å². The van der Waals surface area contributed by atoms with E-state index in [1.807, 2.05) is 13.0 Å². The molecule has 1 N–H and O–H groups in total. The minimum atomic E-state index is -0.138. The standard InChI is InChI=1S/C15H23FN2/c1-3-17-15-5-4-8-18(11-15)10-13-6-7-14(16)9-12(13)2/h6-7,9,15,17H,3-5,8,10-11H2,1-2H3. The van der Waals surface area contributed by atoms with Crippen molar-refractivity contribution < 1.29 is 4.39 Å². The fourth-order valence-electron chi connectivity index (χ4n) is 2.73. The number of nitrogens with zero attached hydrogens (tertiary/aromatic N) is 1. The third-order valence-electron chi connectivity index (χ3n) is 3.70. The molecule has 3 heteroatoms. The van der Waals surface area contributed by atoms with E-state index in [0.29, 0.717) is 6.04 Å². The van der Waals surface area contributed by atoms with E-state index in [9.17, 15) is 4.39 Å². The fourth-order valence-corrected chi connectivity index (χ4v) is 2.73. The van der Waals surface area contributed by atoms with Crippen molar-refractivity contribution >= 4 is 0 Å². The number of likely N-dealkylation sites (tertiary alicyclic amines) is 1. The van der Waals surface area contributed by atoms with E-state index in [0.717, 1.165) is 31.7 Å². The van der Waals surface area contributed by atoms with E-state index in [-0.39, 0.29) is 5.82 Å². The number of rotatable bonds is 4. The predicted octanol–water partition coefficient (Wildman–Crippen LogP) is 2.71. The number of hydrogen-bond donors (Lipinski definition) is 1. The smallest absolute Gasteiger partial charge is 0.123 e. The highest BCUT2D eigenvalue weighted by Crippen LogP contribution is 2.17. The zero-order valence-electron chi connectivity index (χ0n) is 11.4. The van der Waals surface area contributed by atoms with Gasteiger partial charge in [-0.1, -0.05) is 13.0 Å². The van der Waals surface area contributed by atoms with Gasteiger partial charge in [-0.25, -0.2) is 4.39 Å². The summed E-state index contributed by atoms with van der Waals surface area (Å²) in [6, 6.07) is 5.72. The number of nitrogens with one attached hydrogen (secondary N) is 1. The first-order valence-corrected chi connectivity index (χ1v) is 6.90. The first-order chi connectivity index (χ1) is 8.69. The Morgan fingerprint density at radius 3 is 3.00 bits per heavy atom. The summed E-state index contributed by atoms with van der Waals surface area (Å²) in [6.07, 6.45) is 2.52. The van der Waals surface area contributed by atoms with E-state index in [1.54, 1.807) is 12.1 Å². The molecule has 0 amide bonds. The minimum absolute atomic E-state index is 0.138. The summed E-state index contributed by atoms with van der Waals surface area (Å²) in [5, 5.41) is 3.52. The van der Waals surface area contributed by atoms with Gasteiger partial charge < -0.3 is 5.32 Å². The van der Waals surface area contributed by atoms with Crippen molar-refractivity contribution in [3.05, 3.63) is 35.1 Å². The number of hydrogen-bond acceptors (Lipinski definition) is 2. The monoisotopic (exact) mass is 250 g/mol. The molecular weight excluding hydrogens is 227 g/mol. The van der Waals surface area contributed by atoms with Crippen molar-refractivity contribution in [1.82, 2.24) is 10.2 Å². The number of halogens is 1. The van der Waals surface area contributed by atoms with Gasteiger partial charge in [-0.3, -0.25) is 4.90 Å². The highest BCUT2D eigenvalue weighted by molar-refractivity contribution is 5.26. The van der Waals surface area contributed by atoms with Crippen LogP contribution in [-0.4, -0.2) is 30.6 Å². The molecule has 0 aliphatic carbocycles. The van der Waals surface area contributed by atoms with Gasteiger partial charge in [0.15, 0.2) is 0 Å². The van der Waals surface area contributed by atoms with Crippen molar-refractivity contribution in [2.75, 3.05) is 19.6 Å². The second-order valence-corrected chi connectivity index (χ2v) is 5.20. The molecule has 1 heterocycles. The molecule has 0 bridgehead atoms. The Morgan fingerprint density at radius 1 is 1.44 bits per heavy atom. The van der Waals surface area contributed by atoms with E-state index in [2.05, 4.69) is 17.1 Å². The van der Waals surface area contributed by atoms with Gasteiger partial charge in [0.2, 0.25) is 0 Å². The maximum Gasteiger partial charge on any atom is 0.123 e. The molecule has 1 atom stereocenters. The number of likely N-dealkylation sites (N-methyl/N-ethyl adjacent to an activating group) is 1. The van der Waals surface area contributed by atoms with Crippen molar-refractivity contribution in [2.24, 2.45) is 0 Å². The molecule has 1 aromatic rings. The van der Waals surface area contributed by atoms with Crippen molar-refractivity contribution in [2.45, 2.75) is 39.3 Å². The van der Waals surface area contributed by atoms with Gasteiger partial charge >= 0.3 is 0 Å². The Bertz CT molecular complexity index is 390. The summed E-state index contributed by atoms with van der Waals surface area (Å²) in [5.74, 6) is -0.138. The fraction of sp³-hybridized carbons (Fsp3) is 0.600. The van der Waals surface area contributed by atoms with Gasteiger partial charge in [-0.15, -0.1) is 0 Å². The molecule has 0 spiro atoms. The Labute approximate surface area is 109 Å². The van der Waals surface area contributed by atoms with Crippen LogP contribution in [0.1, 0.15) is 30.9 Å². The molecule has 1 unspecified atom stereocenters. The summed E-state index contributed by atoms with van der Waals surface area (Å²) < 4.78 is 13.1. The molecule has 1 aromatic carbocycles. The Hall–Kier alpha value is -0.930. The second kappa shape index (κ2) is 6.30. The Morgan fingerprint density at radius 2 is 2.28 bits per heavy atom. The number of aryl methyl sites for hydroxylation is 1. The van der Waals surface area contributed by atoms with E-state index < -0.39 is 0 Å². The van der Waals surface area contributed by atoms with Gasteiger partial charge in [-0.2, -0.15) is 0 Å². The van der Waals surface area contributed by atoms with Crippen molar-refractivity contribution in [1.29, 1.82) is 0 Å². The summed E-state index contributed by atoms with van der Waals surface area (Å²) >= 11 is 0. The van der Waals surface area contributed by atoms with Crippen LogP contribution >= 0.6 is 0 Å². The SMILES string of the molecule is CCNC1CCCN(Cc2ccc(F)cc2C)C1. The van der Waals surface area contributed by atoms with Crippen LogP contribution in [0.4, 0.5) is 4.39 Å². The third-order valence-corrected chi connectivity index (χ3v) is 3.70. The molecule has 2 rings (SSSR count). The topological polar surface area (TPSA) is 15.3 Å². The zero-order chi connectivity index (χ0) is 13.0. The lowest BCUT2D eigenvalue weighted by Gasteiger charge is -2.33. The third kappa shape index (κ3) is 3.53. The lowest BCUT2D eigenvalue weighted by molar-refractivity contribution is 0.184.